The number of imide groups is 1. The van der Waals surface area contributed by atoms with Crippen LogP contribution in [0.1, 0.15) is 33.6 Å². The Morgan fingerprint density at radius 3 is 2.53 bits per heavy atom. The van der Waals surface area contributed by atoms with Crippen LogP contribution in [0.4, 0.5) is 4.39 Å². The first-order chi connectivity index (χ1) is 6.82. The van der Waals surface area contributed by atoms with Gasteiger partial charge in [-0.2, -0.15) is 0 Å². The molecule has 1 saturated heterocycles. The number of carbonyl (C=O) groups excluding carboxylic acids is 2. The van der Waals surface area contributed by atoms with Crippen LogP contribution in [0.15, 0.2) is 0 Å². The maximum absolute atomic E-state index is 13.1. The average molecular weight is 213 g/mol. The minimum atomic E-state index is -0.915. The number of alkyl halides is 1. The highest BCUT2D eigenvalue weighted by molar-refractivity contribution is 6.04. The summed E-state index contributed by atoms with van der Waals surface area (Å²) in [6.45, 7) is 5.33. The van der Waals surface area contributed by atoms with Gasteiger partial charge in [0.25, 0.3) is 0 Å². The van der Waals surface area contributed by atoms with Crippen molar-refractivity contribution in [2.75, 3.05) is 0 Å². The van der Waals surface area contributed by atoms with E-state index in [0.29, 0.717) is 12.8 Å². The molecule has 4 heteroatoms. The lowest BCUT2D eigenvalue weighted by Gasteiger charge is -2.44. The Morgan fingerprint density at radius 1 is 1.40 bits per heavy atom. The lowest BCUT2D eigenvalue weighted by atomic mass is 9.85. The van der Waals surface area contributed by atoms with E-state index in [2.05, 4.69) is 0 Å². The molecule has 3 nitrogen and oxygen atoms in total. The molecule has 3 atom stereocenters. The molecule has 0 aromatic rings. The molecule has 1 saturated carbocycles. The fourth-order valence-corrected chi connectivity index (χ4v) is 2.38. The summed E-state index contributed by atoms with van der Waals surface area (Å²) in [5, 5.41) is 0. The van der Waals surface area contributed by atoms with Gasteiger partial charge in [-0.15, -0.1) is 0 Å². The fraction of sp³-hybridized carbons (Fsp3) is 0.818. The SMILES string of the molecule is CC(C)(C)C(=O)N1C(=O)C2CC(F)CC21. The Kier molecular flexibility index (Phi) is 2.14. The number of amides is 2. The normalized spacial score (nSPS) is 35.1. The molecule has 2 fully saturated rings. The van der Waals surface area contributed by atoms with Crippen molar-refractivity contribution in [2.24, 2.45) is 11.3 Å². The molecule has 84 valence electrons. The quantitative estimate of drug-likeness (QED) is 0.572. The van der Waals surface area contributed by atoms with E-state index in [0.717, 1.165) is 0 Å². The topological polar surface area (TPSA) is 37.4 Å². The third kappa shape index (κ3) is 1.46. The van der Waals surface area contributed by atoms with E-state index in [4.69, 9.17) is 0 Å². The first kappa shape index (κ1) is 10.6. The lowest BCUT2D eigenvalue weighted by molar-refractivity contribution is -0.168. The maximum atomic E-state index is 13.1. The number of hydrogen-bond donors (Lipinski definition) is 0. The third-order valence-electron chi connectivity index (χ3n) is 3.22. The first-order valence-electron chi connectivity index (χ1n) is 5.34. The van der Waals surface area contributed by atoms with Crippen molar-refractivity contribution < 1.29 is 14.0 Å². The molecule has 2 aliphatic rings. The number of halogens is 1. The molecule has 1 heterocycles. The van der Waals surface area contributed by atoms with Crippen LogP contribution in [0.5, 0.6) is 0 Å². The van der Waals surface area contributed by atoms with Gasteiger partial charge in [0.1, 0.15) is 6.17 Å². The van der Waals surface area contributed by atoms with Crippen molar-refractivity contribution in [3.63, 3.8) is 0 Å². The molecule has 1 aliphatic heterocycles. The molecule has 0 spiro atoms. The Bertz CT molecular complexity index is 321. The fourth-order valence-electron chi connectivity index (χ4n) is 2.38. The van der Waals surface area contributed by atoms with Gasteiger partial charge in [-0.1, -0.05) is 20.8 Å². The van der Waals surface area contributed by atoms with E-state index < -0.39 is 11.6 Å². The average Bonchev–Trinajstić information content (AvgIpc) is 2.42. The van der Waals surface area contributed by atoms with Crippen molar-refractivity contribution in [1.82, 2.24) is 4.90 Å². The molecule has 3 unspecified atom stereocenters. The van der Waals surface area contributed by atoms with Gasteiger partial charge in [0.15, 0.2) is 0 Å². The van der Waals surface area contributed by atoms with Crippen molar-refractivity contribution in [3.05, 3.63) is 0 Å². The summed E-state index contributed by atoms with van der Waals surface area (Å²) in [5.41, 5.74) is -0.560. The lowest BCUT2D eigenvalue weighted by Crippen LogP contribution is -2.63. The summed E-state index contributed by atoms with van der Waals surface area (Å²) in [6.07, 6.45) is -0.281. The largest absolute Gasteiger partial charge is 0.278 e. The van der Waals surface area contributed by atoms with Gasteiger partial charge in [0, 0.05) is 11.8 Å². The monoisotopic (exact) mass is 213 g/mol. The minimum absolute atomic E-state index is 0.167. The maximum Gasteiger partial charge on any atom is 0.234 e. The van der Waals surface area contributed by atoms with Crippen LogP contribution in [0.3, 0.4) is 0 Å². The van der Waals surface area contributed by atoms with Crippen molar-refractivity contribution >= 4 is 11.8 Å². The molecule has 0 bridgehead atoms. The van der Waals surface area contributed by atoms with E-state index in [1.807, 2.05) is 0 Å². The van der Waals surface area contributed by atoms with Crippen LogP contribution < -0.4 is 0 Å². The summed E-state index contributed by atoms with van der Waals surface area (Å²) in [5.74, 6) is -0.589. The smallest absolute Gasteiger partial charge is 0.234 e. The van der Waals surface area contributed by atoms with Crippen LogP contribution in [-0.2, 0) is 9.59 Å². The Hall–Kier alpha value is -0.930. The van der Waals surface area contributed by atoms with Gasteiger partial charge in [-0.3, -0.25) is 14.5 Å². The molecular formula is C11H16FNO2. The number of rotatable bonds is 0. The highest BCUT2D eigenvalue weighted by atomic mass is 19.1. The standard InChI is InChI=1S/C11H16FNO2/c1-11(2,3)10(15)13-8-5-6(12)4-7(8)9(13)14/h6-8H,4-5H2,1-3H3. The second-order valence-corrected chi connectivity index (χ2v) is 5.51. The van der Waals surface area contributed by atoms with Crippen molar-refractivity contribution in [1.29, 1.82) is 0 Å². The second-order valence-electron chi connectivity index (χ2n) is 5.51. The molecule has 2 rings (SSSR count). The van der Waals surface area contributed by atoms with Gasteiger partial charge < -0.3 is 0 Å². The predicted octanol–water partition coefficient (Wildman–Crippen LogP) is 1.52. The third-order valence-corrected chi connectivity index (χ3v) is 3.22. The highest BCUT2D eigenvalue weighted by Gasteiger charge is 2.57. The zero-order valence-corrected chi connectivity index (χ0v) is 9.29. The second kappa shape index (κ2) is 3.03. The summed E-state index contributed by atoms with van der Waals surface area (Å²) in [4.78, 5) is 24.8. The summed E-state index contributed by atoms with van der Waals surface area (Å²) >= 11 is 0. The number of nitrogens with zero attached hydrogens (tertiary/aromatic N) is 1. The zero-order chi connectivity index (χ0) is 11.4. The van der Waals surface area contributed by atoms with Crippen LogP contribution >= 0.6 is 0 Å². The predicted molar refractivity (Wildman–Crippen MR) is 52.7 cm³/mol. The van der Waals surface area contributed by atoms with Crippen LogP contribution in [0, 0.1) is 11.3 Å². The molecule has 15 heavy (non-hydrogen) atoms. The summed E-state index contributed by atoms with van der Waals surface area (Å²) in [7, 11) is 0. The van der Waals surface area contributed by atoms with Crippen LogP contribution in [0.2, 0.25) is 0 Å². The summed E-state index contributed by atoms with van der Waals surface area (Å²) in [6, 6.07) is -0.167. The molecule has 0 aromatic heterocycles. The van der Waals surface area contributed by atoms with E-state index in [9.17, 15) is 14.0 Å². The molecule has 0 N–H and O–H groups in total. The van der Waals surface area contributed by atoms with Gasteiger partial charge >= 0.3 is 0 Å². The van der Waals surface area contributed by atoms with Gasteiger partial charge in [0.2, 0.25) is 11.8 Å². The molecule has 1 aliphatic carbocycles. The number of carbonyl (C=O) groups is 2. The van der Waals surface area contributed by atoms with E-state index >= 15 is 0 Å². The molecule has 0 aromatic carbocycles. The van der Waals surface area contributed by atoms with Gasteiger partial charge in [-0.25, -0.2) is 4.39 Å². The first-order valence-corrected chi connectivity index (χ1v) is 5.34. The highest BCUT2D eigenvalue weighted by Crippen LogP contribution is 2.43. The van der Waals surface area contributed by atoms with E-state index in [1.54, 1.807) is 20.8 Å². The van der Waals surface area contributed by atoms with Crippen molar-refractivity contribution in [2.45, 2.75) is 45.8 Å². The molecular weight excluding hydrogens is 197 g/mol. The number of likely N-dealkylation sites (tertiary alicyclic amines) is 1. The van der Waals surface area contributed by atoms with Gasteiger partial charge in [-0.05, 0) is 6.42 Å². The summed E-state index contributed by atoms with van der Waals surface area (Å²) < 4.78 is 13.1. The van der Waals surface area contributed by atoms with Crippen molar-refractivity contribution in [3.8, 4) is 0 Å². The van der Waals surface area contributed by atoms with E-state index in [1.165, 1.54) is 4.90 Å². The molecule has 0 radical (unpaired) electrons. The number of hydrogen-bond acceptors (Lipinski definition) is 2. The van der Waals surface area contributed by atoms with Crippen LogP contribution in [-0.4, -0.2) is 28.9 Å². The molecule has 2 amide bonds. The zero-order valence-electron chi connectivity index (χ0n) is 9.29. The van der Waals surface area contributed by atoms with Gasteiger partial charge in [0.05, 0.1) is 12.0 Å². The number of fused-ring (bicyclic) bond motifs is 1. The minimum Gasteiger partial charge on any atom is -0.278 e. The Morgan fingerprint density at radius 2 is 2.00 bits per heavy atom. The van der Waals surface area contributed by atoms with E-state index in [-0.39, 0.29) is 23.8 Å². The van der Waals surface area contributed by atoms with Crippen LogP contribution in [0.25, 0.3) is 0 Å². The number of β-lactam (4-membered cyclic amide) rings is 1. The Balaban J connectivity index is 2.14. The Labute approximate surface area is 88.6 Å².